The average Bonchev–Trinajstić information content (AvgIpc) is 2.29. The van der Waals surface area contributed by atoms with Crippen LogP contribution in [0.1, 0.15) is 44.2 Å². The minimum Gasteiger partial charge on any atom is -0.352 e. The largest absolute Gasteiger partial charge is 0.352 e. The number of rotatable bonds is 4. The molecule has 0 saturated carbocycles. The van der Waals surface area contributed by atoms with E-state index in [4.69, 9.17) is 0 Å². The molecule has 0 spiro atoms. The van der Waals surface area contributed by atoms with E-state index >= 15 is 0 Å². The van der Waals surface area contributed by atoms with Crippen LogP contribution in [0, 0.1) is 5.41 Å². The second-order valence-electron chi connectivity index (χ2n) is 6.36. The van der Waals surface area contributed by atoms with Gasteiger partial charge in [-0.15, -0.1) is 0 Å². The number of nitrogens with one attached hydrogen (secondary N) is 1. The van der Waals surface area contributed by atoms with Crippen molar-refractivity contribution in [3.8, 4) is 0 Å². The number of hydrogen-bond donors (Lipinski definition) is 1. The molecule has 2 atom stereocenters. The molecule has 0 heterocycles. The Labute approximate surface area is 124 Å². The number of carbonyl (C=O) groups excluding carboxylic acids is 1. The van der Waals surface area contributed by atoms with Crippen LogP contribution >= 0.6 is 15.9 Å². The first-order valence-electron chi connectivity index (χ1n) is 6.87. The Morgan fingerprint density at radius 2 is 2.11 bits per heavy atom. The minimum atomic E-state index is 0.0522. The van der Waals surface area contributed by atoms with E-state index in [1.807, 2.05) is 12.1 Å². The van der Waals surface area contributed by atoms with Crippen LogP contribution in [0.2, 0.25) is 0 Å². The van der Waals surface area contributed by atoms with Crippen molar-refractivity contribution in [1.29, 1.82) is 0 Å². The first-order chi connectivity index (χ1) is 8.93. The third-order valence-electron chi connectivity index (χ3n) is 3.93. The maximum absolute atomic E-state index is 12.4. The third-order valence-corrected chi connectivity index (χ3v) is 4.39. The van der Waals surface area contributed by atoms with E-state index in [1.165, 1.54) is 11.1 Å². The van der Waals surface area contributed by atoms with Crippen LogP contribution in [-0.4, -0.2) is 17.3 Å². The Morgan fingerprint density at radius 1 is 1.42 bits per heavy atom. The van der Waals surface area contributed by atoms with Crippen LogP contribution in [0.4, 0.5) is 0 Å². The lowest BCUT2D eigenvalue weighted by Crippen LogP contribution is -2.47. The molecule has 1 aromatic rings. The first-order valence-corrected chi connectivity index (χ1v) is 7.99. The van der Waals surface area contributed by atoms with Gasteiger partial charge >= 0.3 is 0 Å². The number of hydrogen-bond acceptors (Lipinski definition) is 1. The molecule has 0 radical (unpaired) electrons. The molecule has 2 unspecified atom stereocenters. The van der Waals surface area contributed by atoms with Crippen LogP contribution in [-0.2, 0) is 11.2 Å². The lowest BCUT2D eigenvalue weighted by atomic mass is 9.76. The summed E-state index contributed by atoms with van der Waals surface area (Å²) in [5.74, 6) is 0.232. The van der Waals surface area contributed by atoms with Gasteiger partial charge in [0.05, 0.1) is 5.92 Å². The van der Waals surface area contributed by atoms with Gasteiger partial charge in [0.15, 0.2) is 0 Å². The van der Waals surface area contributed by atoms with Gasteiger partial charge in [0, 0.05) is 11.4 Å². The van der Waals surface area contributed by atoms with Crippen LogP contribution in [0.3, 0.4) is 0 Å². The molecule has 104 valence electrons. The summed E-state index contributed by atoms with van der Waals surface area (Å²) < 4.78 is 0. The summed E-state index contributed by atoms with van der Waals surface area (Å²) in [7, 11) is 0. The van der Waals surface area contributed by atoms with Gasteiger partial charge in [0.2, 0.25) is 5.91 Å². The number of carbonyl (C=O) groups is 1. The molecule has 1 aliphatic rings. The predicted octanol–water partition coefficient (Wildman–Crippen LogP) is 3.64. The molecule has 3 heteroatoms. The Kier molecular flexibility index (Phi) is 4.34. The molecule has 1 aromatic carbocycles. The van der Waals surface area contributed by atoms with Crippen LogP contribution in [0.15, 0.2) is 24.3 Å². The van der Waals surface area contributed by atoms with E-state index in [-0.39, 0.29) is 23.3 Å². The third kappa shape index (κ3) is 3.19. The fourth-order valence-electron chi connectivity index (χ4n) is 2.60. The van der Waals surface area contributed by atoms with E-state index in [0.717, 1.165) is 18.2 Å². The fraction of sp³-hybridized carbons (Fsp3) is 0.562. The number of fused-ring (bicyclic) bond motifs is 1. The zero-order valence-corrected chi connectivity index (χ0v) is 13.5. The number of halogens is 1. The Bertz CT molecular complexity index is 464. The van der Waals surface area contributed by atoms with E-state index in [9.17, 15) is 4.79 Å². The summed E-state index contributed by atoms with van der Waals surface area (Å²) in [6, 6.07) is 8.44. The monoisotopic (exact) mass is 323 g/mol. The summed E-state index contributed by atoms with van der Waals surface area (Å²) >= 11 is 3.47. The highest BCUT2D eigenvalue weighted by atomic mass is 79.9. The van der Waals surface area contributed by atoms with Crippen LogP contribution in [0.25, 0.3) is 0 Å². The van der Waals surface area contributed by atoms with Gasteiger partial charge in [-0.25, -0.2) is 0 Å². The Morgan fingerprint density at radius 3 is 2.68 bits per heavy atom. The van der Waals surface area contributed by atoms with Crippen molar-refractivity contribution in [2.75, 3.05) is 5.33 Å². The van der Waals surface area contributed by atoms with Gasteiger partial charge in [0.25, 0.3) is 0 Å². The summed E-state index contributed by atoms with van der Waals surface area (Å²) in [6.07, 6.45) is 1.84. The summed E-state index contributed by atoms with van der Waals surface area (Å²) in [4.78, 5) is 12.4. The average molecular weight is 324 g/mol. The number of amides is 1. The first kappa shape index (κ1) is 14.6. The zero-order chi connectivity index (χ0) is 14.0. The molecule has 1 aliphatic carbocycles. The zero-order valence-electron chi connectivity index (χ0n) is 11.9. The molecule has 2 rings (SSSR count). The summed E-state index contributed by atoms with van der Waals surface area (Å²) in [6.45, 7) is 6.53. The molecule has 1 N–H and O–H groups in total. The van der Waals surface area contributed by atoms with Crippen molar-refractivity contribution >= 4 is 21.8 Å². The normalized spacial score (nSPS) is 19.3. The van der Waals surface area contributed by atoms with Crippen LogP contribution in [0.5, 0.6) is 0 Å². The van der Waals surface area contributed by atoms with E-state index in [1.54, 1.807) is 0 Å². The lowest BCUT2D eigenvalue weighted by molar-refractivity contribution is -0.124. The molecule has 0 saturated heterocycles. The van der Waals surface area contributed by atoms with Crippen molar-refractivity contribution in [3.05, 3.63) is 35.4 Å². The Balaban J connectivity index is 2.02. The molecule has 2 nitrogen and oxygen atoms in total. The van der Waals surface area contributed by atoms with Crippen molar-refractivity contribution in [1.82, 2.24) is 5.32 Å². The van der Waals surface area contributed by atoms with Gasteiger partial charge in [-0.05, 0) is 29.4 Å². The molecular formula is C16H22BrNO. The smallest absolute Gasteiger partial charge is 0.228 e. The van der Waals surface area contributed by atoms with Crippen molar-refractivity contribution < 1.29 is 4.79 Å². The molecular weight excluding hydrogens is 302 g/mol. The molecule has 0 bridgehead atoms. The highest BCUT2D eigenvalue weighted by molar-refractivity contribution is 9.09. The van der Waals surface area contributed by atoms with E-state index in [2.05, 4.69) is 54.2 Å². The van der Waals surface area contributed by atoms with E-state index < -0.39 is 0 Å². The van der Waals surface area contributed by atoms with Crippen molar-refractivity contribution in [2.24, 2.45) is 5.41 Å². The topological polar surface area (TPSA) is 29.1 Å². The highest BCUT2D eigenvalue weighted by Gasteiger charge is 2.34. The van der Waals surface area contributed by atoms with Gasteiger partial charge in [-0.2, -0.15) is 0 Å². The van der Waals surface area contributed by atoms with Crippen molar-refractivity contribution in [2.45, 2.75) is 45.6 Å². The van der Waals surface area contributed by atoms with Crippen molar-refractivity contribution in [3.63, 3.8) is 0 Å². The lowest BCUT2D eigenvalue weighted by Gasteiger charge is -2.35. The van der Waals surface area contributed by atoms with E-state index in [0.29, 0.717) is 0 Å². The quantitative estimate of drug-likeness (QED) is 0.842. The second-order valence-corrected chi connectivity index (χ2v) is 7.15. The Hall–Kier alpha value is -0.830. The molecule has 1 amide bonds. The van der Waals surface area contributed by atoms with Gasteiger partial charge in [-0.3, -0.25) is 4.79 Å². The van der Waals surface area contributed by atoms with Gasteiger partial charge in [-0.1, -0.05) is 61.0 Å². The molecule has 0 aliphatic heterocycles. The highest BCUT2D eigenvalue weighted by Crippen LogP contribution is 2.35. The van der Waals surface area contributed by atoms with Crippen LogP contribution < -0.4 is 5.32 Å². The standard InChI is InChI=1S/C16H22BrNO/c1-16(2,3)14(8-9-17)18-15(19)13-10-11-6-4-5-7-12(11)13/h4-7,13-14H,8-10H2,1-3H3,(H,18,19). The number of alkyl halides is 1. The maximum atomic E-state index is 12.4. The van der Waals surface area contributed by atoms with Gasteiger partial charge in [0.1, 0.15) is 0 Å². The SMILES string of the molecule is CC(C)(C)C(CCBr)NC(=O)C1Cc2ccccc21. The number of benzene rings is 1. The summed E-state index contributed by atoms with van der Waals surface area (Å²) in [5.41, 5.74) is 2.61. The second kappa shape index (κ2) is 5.66. The molecule has 0 fully saturated rings. The predicted molar refractivity (Wildman–Crippen MR) is 82.7 cm³/mol. The minimum absolute atomic E-state index is 0.0522. The van der Waals surface area contributed by atoms with Gasteiger partial charge < -0.3 is 5.32 Å². The maximum Gasteiger partial charge on any atom is 0.228 e. The summed E-state index contributed by atoms with van der Waals surface area (Å²) in [5, 5.41) is 4.14. The molecule has 0 aromatic heterocycles. The molecule has 19 heavy (non-hydrogen) atoms. The fourth-order valence-corrected chi connectivity index (χ4v) is 3.05.